The first-order valence-electron chi connectivity index (χ1n) is 5.94. The third-order valence-corrected chi connectivity index (χ3v) is 5.45. The Hall–Kier alpha value is 0.01000. The molecular weight excluding hydrogens is 234 g/mol. The van der Waals surface area contributed by atoms with Crippen LogP contribution in [0.2, 0.25) is 0 Å². The largest absolute Gasteiger partial charge is 0.308 e. The van der Waals surface area contributed by atoms with E-state index in [1.165, 1.54) is 17.7 Å². The molecule has 1 saturated carbocycles. The first-order valence-corrected chi connectivity index (χ1v) is 8.05. The molecule has 3 heteroatoms. The molecule has 1 unspecified atom stereocenters. The molecule has 0 spiro atoms. The van der Waals surface area contributed by atoms with Gasteiger partial charge in [0.25, 0.3) is 0 Å². The molecule has 1 nitrogen and oxygen atoms in total. The van der Waals surface area contributed by atoms with Crippen LogP contribution in [-0.4, -0.2) is 17.5 Å². The molecule has 16 heavy (non-hydrogen) atoms. The second kappa shape index (κ2) is 5.11. The number of hydrogen-bond acceptors (Lipinski definition) is 3. The average Bonchev–Trinajstić information content (AvgIpc) is 2.94. The van der Waals surface area contributed by atoms with E-state index in [4.69, 9.17) is 0 Å². The summed E-state index contributed by atoms with van der Waals surface area (Å²) in [6.07, 6.45) is 4.99. The van der Waals surface area contributed by atoms with Crippen molar-refractivity contribution in [3.05, 3.63) is 22.4 Å². The van der Waals surface area contributed by atoms with Gasteiger partial charge in [0.05, 0.1) is 0 Å². The van der Waals surface area contributed by atoms with E-state index in [0.717, 1.165) is 12.5 Å². The summed E-state index contributed by atoms with van der Waals surface area (Å²) in [5.41, 5.74) is 0. The molecule has 90 valence electrons. The van der Waals surface area contributed by atoms with Gasteiger partial charge >= 0.3 is 0 Å². The predicted octanol–water partition coefficient (Wildman–Crippen LogP) is 3.93. The highest BCUT2D eigenvalue weighted by atomic mass is 32.2. The Labute approximate surface area is 107 Å². The molecular formula is C13H21NS2. The number of thiophene rings is 1. The van der Waals surface area contributed by atoms with Crippen LogP contribution in [0.3, 0.4) is 0 Å². The van der Waals surface area contributed by atoms with Gasteiger partial charge in [-0.1, -0.05) is 6.07 Å². The van der Waals surface area contributed by atoms with Crippen molar-refractivity contribution < 1.29 is 0 Å². The highest BCUT2D eigenvalue weighted by Gasteiger charge is 2.33. The molecule has 1 heterocycles. The Balaban J connectivity index is 1.94. The normalized spacial score (nSPS) is 18.7. The minimum atomic E-state index is 0.338. The van der Waals surface area contributed by atoms with Gasteiger partial charge in [-0.25, -0.2) is 0 Å². The maximum Gasteiger partial charge on any atom is 0.0443 e. The summed E-state index contributed by atoms with van der Waals surface area (Å²) in [6.45, 7) is 5.71. The number of nitrogens with one attached hydrogen (secondary N) is 1. The van der Waals surface area contributed by atoms with Crippen molar-refractivity contribution in [2.24, 2.45) is 5.92 Å². The smallest absolute Gasteiger partial charge is 0.0443 e. The van der Waals surface area contributed by atoms with Gasteiger partial charge in [0.1, 0.15) is 0 Å². The van der Waals surface area contributed by atoms with Crippen molar-refractivity contribution in [3.8, 4) is 0 Å². The van der Waals surface area contributed by atoms with E-state index in [-0.39, 0.29) is 0 Å². The van der Waals surface area contributed by atoms with E-state index in [9.17, 15) is 0 Å². The second-order valence-electron chi connectivity index (χ2n) is 5.18. The van der Waals surface area contributed by atoms with Crippen LogP contribution >= 0.6 is 23.1 Å². The summed E-state index contributed by atoms with van der Waals surface area (Å²) in [5, 5.41) is 5.95. The molecule has 1 N–H and O–H groups in total. The fraction of sp³-hybridized carbons (Fsp3) is 0.692. The van der Waals surface area contributed by atoms with Crippen molar-refractivity contribution in [1.82, 2.24) is 5.32 Å². The molecule has 1 aliphatic carbocycles. The lowest BCUT2D eigenvalue weighted by Crippen LogP contribution is -2.35. The van der Waals surface area contributed by atoms with Crippen LogP contribution in [0.15, 0.2) is 17.5 Å². The molecule has 0 amide bonds. The first kappa shape index (κ1) is 12.5. The quantitative estimate of drug-likeness (QED) is 0.826. The van der Waals surface area contributed by atoms with Crippen molar-refractivity contribution >= 4 is 23.1 Å². The number of rotatable bonds is 6. The molecule has 1 aromatic rings. The number of thioether (sulfide) groups is 1. The first-order chi connectivity index (χ1) is 7.62. The van der Waals surface area contributed by atoms with Crippen molar-refractivity contribution in [2.75, 3.05) is 12.8 Å². The van der Waals surface area contributed by atoms with E-state index < -0.39 is 0 Å². The molecule has 1 fully saturated rings. The standard InChI is InChI=1S/C13H21NS2/c1-13(2,15-3)9-14-12(10-6-7-10)11-5-4-8-16-11/h4-5,8,10,12,14H,6-7,9H2,1-3H3. The minimum absolute atomic E-state index is 0.338. The summed E-state index contributed by atoms with van der Waals surface area (Å²) >= 11 is 3.83. The van der Waals surface area contributed by atoms with Gasteiger partial charge in [0.15, 0.2) is 0 Å². The third kappa shape index (κ3) is 3.25. The van der Waals surface area contributed by atoms with E-state index in [0.29, 0.717) is 10.8 Å². The average molecular weight is 255 g/mol. The van der Waals surface area contributed by atoms with Crippen molar-refractivity contribution in [3.63, 3.8) is 0 Å². The highest BCUT2D eigenvalue weighted by molar-refractivity contribution is 7.99. The highest BCUT2D eigenvalue weighted by Crippen LogP contribution is 2.42. The molecule has 0 radical (unpaired) electrons. The molecule has 1 aromatic heterocycles. The van der Waals surface area contributed by atoms with Crippen molar-refractivity contribution in [1.29, 1.82) is 0 Å². The van der Waals surface area contributed by atoms with Crippen LogP contribution in [0.4, 0.5) is 0 Å². The molecule has 0 aromatic carbocycles. The molecule has 0 aliphatic heterocycles. The zero-order valence-electron chi connectivity index (χ0n) is 10.3. The summed E-state index contributed by atoms with van der Waals surface area (Å²) in [5.74, 6) is 0.885. The van der Waals surface area contributed by atoms with Gasteiger partial charge in [-0.3, -0.25) is 0 Å². The zero-order chi connectivity index (χ0) is 11.6. The summed E-state index contributed by atoms with van der Waals surface area (Å²) in [4.78, 5) is 1.51. The van der Waals surface area contributed by atoms with E-state index in [1.54, 1.807) is 0 Å². The maximum absolute atomic E-state index is 3.76. The maximum atomic E-state index is 3.76. The Morgan fingerprint density at radius 2 is 2.31 bits per heavy atom. The molecule has 2 rings (SSSR count). The number of hydrogen-bond donors (Lipinski definition) is 1. The van der Waals surface area contributed by atoms with Gasteiger partial charge in [-0.05, 0) is 50.3 Å². The van der Waals surface area contributed by atoms with Gasteiger partial charge < -0.3 is 5.32 Å². The minimum Gasteiger partial charge on any atom is -0.308 e. The van der Waals surface area contributed by atoms with Crippen LogP contribution in [0.25, 0.3) is 0 Å². The van der Waals surface area contributed by atoms with Gasteiger partial charge in [-0.15, -0.1) is 11.3 Å². The topological polar surface area (TPSA) is 12.0 Å². The lowest BCUT2D eigenvalue weighted by molar-refractivity contribution is 0.461. The predicted molar refractivity (Wildman–Crippen MR) is 75.4 cm³/mol. The second-order valence-corrected chi connectivity index (χ2v) is 7.67. The summed E-state index contributed by atoms with van der Waals surface area (Å²) < 4.78 is 0.338. The van der Waals surface area contributed by atoms with Gasteiger partial charge in [-0.2, -0.15) is 11.8 Å². The molecule has 0 bridgehead atoms. The zero-order valence-corrected chi connectivity index (χ0v) is 12.0. The monoisotopic (exact) mass is 255 g/mol. The van der Waals surface area contributed by atoms with Crippen LogP contribution in [0.1, 0.15) is 37.6 Å². The Morgan fingerprint density at radius 3 is 2.81 bits per heavy atom. The fourth-order valence-corrected chi connectivity index (χ4v) is 2.95. The van der Waals surface area contributed by atoms with Crippen LogP contribution in [-0.2, 0) is 0 Å². The van der Waals surface area contributed by atoms with Crippen LogP contribution < -0.4 is 5.32 Å². The van der Waals surface area contributed by atoms with E-state index >= 15 is 0 Å². The van der Waals surface area contributed by atoms with E-state index in [1.807, 2.05) is 23.1 Å². The summed E-state index contributed by atoms with van der Waals surface area (Å²) in [7, 11) is 0. The summed E-state index contributed by atoms with van der Waals surface area (Å²) in [6, 6.07) is 5.04. The molecule has 1 aliphatic rings. The SMILES string of the molecule is CSC(C)(C)CNC(c1cccs1)C1CC1. The van der Waals surface area contributed by atoms with Crippen molar-refractivity contribution in [2.45, 2.75) is 37.5 Å². The lowest BCUT2D eigenvalue weighted by Gasteiger charge is -2.26. The Kier molecular flexibility index (Phi) is 3.98. The third-order valence-electron chi connectivity index (χ3n) is 3.24. The van der Waals surface area contributed by atoms with Crippen LogP contribution in [0, 0.1) is 5.92 Å². The fourth-order valence-electron chi connectivity index (χ4n) is 1.83. The van der Waals surface area contributed by atoms with Gasteiger partial charge in [0.2, 0.25) is 0 Å². The Morgan fingerprint density at radius 1 is 1.56 bits per heavy atom. The molecule has 1 atom stereocenters. The van der Waals surface area contributed by atoms with Crippen LogP contribution in [0.5, 0.6) is 0 Å². The Bertz CT molecular complexity index is 315. The molecule has 0 saturated heterocycles. The van der Waals surface area contributed by atoms with Gasteiger partial charge in [0, 0.05) is 22.2 Å². The van der Waals surface area contributed by atoms with E-state index in [2.05, 4.69) is 42.9 Å². The lowest BCUT2D eigenvalue weighted by atomic mass is 10.1.